The molecule has 1 heterocycles. The van der Waals surface area contributed by atoms with Gasteiger partial charge in [0.25, 0.3) is 0 Å². The number of halogens is 1. The second kappa shape index (κ2) is 6.47. The molecule has 1 aromatic heterocycles. The van der Waals surface area contributed by atoms with Gasteiger partial charge >= 0.3 is 0 Å². The highest BCUT2D eigenvalue weighted by molar-refractivity contribution is 7.89. The van der Waals surface area contributed by atoms with Crippen molar-refractivity contribution in [3.8, 4) is 0 Å². The van der Waals surface area contributed by atoms with Gasteiger partial charge in [0.05, 0.1) is 17.9 Å². The Bertz CT molecular complexity index is 828. The van der Waals surface area contributed by atoms with Crippen molar-refractivity contribution in [2.45, 2.75) is 18.7 Å². The summed E-state index contributed by atoms with van der Waals surface area (Å²) >= 11 is 0. The number of nitrogens with one attached hydrogen (secondary N) is 2. The van der Waals surface area contributed by atoms with Crippen LogP contribution in [-0.2, 0) is 21.9 Å². The lowest BCUT2D eigenvalue weighted by Crippen LogP contribution is -2.33. The molecule has 7 nitrogen and oxygen atoms in total. The standard InChI is InChI=1S/C14H17FN4O3S/c1-9-14(10(2)19(3)18-9)23(21,22)16-8-13(20)17-12-6-4-11(15)5-7-12/h4-7,16H,8H2,1-3H3,(H,17,20). The number of aryl methyl sites for hydroxylation is 2. The number of benzene rings is 1. The Kier molecular flexibility index (Phi) is 4.81. The van der Waals surface area contributed by atoms with Crippen molar-refractivity contribution in [1.29, 1.82) is 0 Å². The third-order valence-corrected chi connectivity index (χ3v) is 4.91. The molecule has 2 N–H and O–H groups in total. The number of carbonyl (C=O) groups excluding carboxylic acids is 1. The largest absolute Gasteiger partial charge is 0.325 e. The molecule has 0 atom stereocenters. The minimum atomic E-state index is -3.85. The molecular weight excluding hydrogens is 323 g/mol. The smallest absolute Gasteiger partial charge is 0.244 e. The second-order valence-electron chi connectivity index (χ2n) is 5.00. The average molecular weight is 340 g/mol. The molecule has 0 radical (unpaired) electrons. The number of carbonyl (C=O) groups is 1. The van der Waals surface area contributed by atoms with Crippen LogP contribution in [0.25, 0.3) is 0 Å². The first-order valence-electron chi connectivity index (χ1n) is 6.76. The molecule has 0 fully saturated rings. The molecule has 0 unspecified atom stereocenters. The number of hydrogen-bond acceptors (Lipinski definition) is 4. The Morgan fingerprint density at radius 3 is 2.39 bits per heavy atom. The molecule has 0 saturated heterocycles. The maximum atomic E-state index is 12.8. The maximum absolute atomic E-state index is 12.8. The number of anilines is 1. The van der Waals surface area contributed by atoms with Crippen molar-refractivity contribution >= 4 is 21.6 Å². The van der Waals surface area contributed by atoms with Gasteiger partial charge in [0.15, 0.2) is 0 Å². The van der Waals surface area contributed by atoms with Gasteiger partial charge in [0.2, 0.25) is 15.9 Å². The molecule has 2 aromatic rings. The fraction of sp³-hybridized carbons (Fsp3) is 0.286. The van der Waals surface area contributed by atoms with E-state index >= 15 is 0 Å². The van der Waals surface area contributed by atoms with E-state index in [9.17, 15) is 17.6 Å². The Morgan fingerprint density at radius 1 is 1.26 bits per heavy atom. The molecule has 0 spiro atoms. The van der Waals surface area contributed by atoms with Gasteiger partial charge in [-0.25, -0.2) is 17.5 Å². The lowest BCUT2D eigenvalue weighted by Gasteiger charge is -2.08. The van der Waals surface area contributed by atoms with Crippen LogP contribution in [0.1, 0.15) is 11.4 Å². The highest BCUT2D eigenvalue weighted by atomic mass is 32.2. The summed E-state index contributed by atoms with van der Waals surface area (Å²) in [6.07, 6.45) is 0. The fourth-order valence-electron chi connectivity index (χ4n) is 2.11. The zero-order valence-electron chi connectivity index (χ0n) is 12.9. The van der Waals surface area contributed by atoms with Crippen LogP contribution in [0.15, 0.2) is 29.2 Å². The quantitative estimate of drug-likeness (QED) is 0.852. The van der Waals surface area contributed by atoms with E-state index in [-0.39, 0.29) is 4.90 Å². The second-order valence-corrected chi connectivity index (χ2v) is 6.71. The van der Waals surface area contributed by atoms with Crippen molar-refractivity contribution in [2.24, 2.45) is 7.05 Å². The van der Waals surface area contributed by atoms with Crippen molar-refractivity contribution in [2.75, 3.05) is 11.9 Å². The number of rotatable bonds is 5. The third kappa shape index (κ3) is 3.93. The summed E-state index contributed by atoms with van der Waals surface area (Å²) in [5.41, 5.74) is 1.22. The molecule has 0 aliphatic carbocycles. The third-order valence-electron chi connectivity index (χ3n) is 3.26. The van der Waals surface area contributed by atoms with E-state index in [1.54, 1.807) is 20.9 Å². The van der Waals surface area contributed by atoms with Gasteiger partial charge in [-0.1, -0.05) is 0 Å². The van der Waals surface area contributed by atoms with Crippen LogP contribution in [0.2, 0.25) is 0 Å². The minimum absolute atomic E-state index is 0.0644. The van der Waals surface area contributed by atoms with Crippen LogP contribution in [0.4, 0.5) is 10.1 Å². The molecule has 0 aliphatic rings. The molecule has 23 heavy (non-hydrogen) atoms. The summed E-state index contributed by atoms with van der Waals surface area (Å²) in [6.45, 7) is 2.78. The molecule has 0 bridgehead atoms. The molecule has 1 amide bonds. The normalized spacial score (nSPS) is 11.5. The lowest BCUT2D eigenvalue weighted by atomic mass is 10.3. The summed E-state index contributed by atoms with van der Waals surface area (Å²) in [6, 6.07) is 5.17. The van der Waals surface area contributed by atoms with E-state index in [1.165, 1.54) is 28.9 Å². The van der Waals surface area contributed by atoms with Gasteiger partial charge in [-0.15, -0.1) is 0 Å². The first-order chi connectivity index (χ1) is 10.7. The Morgan fingerprint density at radius 2 is 1.87 bits per heavy atom. The van der Waals surface area contributed by atoms with Crippen molar-refractivity contribution in [3.63, 3.8) is 0 Å². The Hall–Kier alpha value is -2.26. The van der Waals surface area contributed by atoms with E-state index < -0.39 is 28.3 Å². The van der Waals surface area contributed by atoms with Gasteiger partial charge in [-0.05, 0) is 38.1 Å². The van der Waals surface area contributed by atoms with E-state index in [4.69, 9.17) is 0 Å². The van der Waals surface area contributed by atoms with Gasteiger partial charge in [0, 0.05) is 12.7 Å². The lowest BCUT2D eigenvalue weighted by molar-refractivity contribution is -0.115. The van der Waals surface area contributed by atoms with Crippen LogP contribution in [-0.4, -0.2) is 30.7 Å². The number of hydrogen-bond donors (Lipinski definition) is 2. The van der Waals surface area contributed by atoms with Crippen molar-refractivity contribution in [3.05, 3.63) is 41.5 Å². The summed E-state index contributed by atoms with van der Waals surface area (Å²) in [5.74, 6) is -0.981. The topological polar surface area (TPSA) is 93.1 Å². The Balaban J connectivity index is 2.04. The van der Waals surface area contributed by atoms with Gasteiger partial charge in [-0.3, -0.25) is 9.48 Å². The molecule has 1 aromatic carbocycles. The zero-order valence-corrected chi connectivity index (χ0v) is 13.7. The molecular formula is C14H17FN4O3S. The van der Waals surface area contributed by atoms with Crippen LogP contribution < -0.4 is 10.0 Å². The van der Waals surface area contributed by atoms with Crippen LogP contribution >= 0.6 is 0 Å². The summed E-state index contributed by atoms with van der Waals surface area (Å²) in [7, 11) is -2.21. The molecule has 0 saturated carbocycles. The minimum Gasteiger partial charge on any atom is -0.325 e. The van der Waals surface area contributed by atoms with Crippen LogP contribution in [0, 0.1) is 19.7 Å². The number of aromatic nitrogens is 2. The number of amides is 1. The highest BCUT2D eigenvalue weighted by Crippen LogP contribution is 2.18. The first kappa shape index (κ1) is 17.1. The molecule has 124 valence electrons. The van der Waals surface area contributed by atoms with E-state index in [1.807, 2.05) is 0 Å². The fourth-order valence-corrected chi connectivity index (χ4v) is 3.53. The number of nitrogens with zero attached hydrogens (tertiary/aromatic N) is 2. The first-order valence-corrected chi connectivity index (χ1v) is 8.24. The van der Waals surface area contributed by atoms with Gasteiger partial charge < -0.3 is 5.32 Å². The maximum Gasteiger partial charge on any atom is 0.244 e. The van der Waals surface area contributed by atoms with Crippen LogP contribution in [0.5, 0.6) is 0 Å². The van der Waals surface area contributed by atoms with E-state index in [0.29, 0.717) is 17.1 Å². The molecule has 2 rings (SSSR count). The summed E-state index contributed by atoms with van der Waals surface area (Å²) in [5, 5.41) is 6.52. The van der Waals surface area contributed by atoms with Crippen molar-refractivity contribution in [1.82, 2.24) is 14.5 Å². The predicted octanol–water partition coefficient (Wildman–Crippen LogP) is 1.09. The zero-order chi connectivity index (χ0) is 17.2. The monoisotopic (exact) mass is 340 g/mol. The average Bonchev–Trinajstić information content (AvgIpc) is 2.73. The van der Waals surface area contributed by atoms with Gasteiger partial charge in [-0.2, -0.15) is 5.10 Å². The summed E-state index contributed by atoms with van der Waals surface area (Å²) in [4.78, 5) is 11.9. The van der Waals surface area contributed by atoms with Gasteiger partial charge in [0.1, 0.15) is 10.7 Å². The van der Waals surface area contributed by atoms with E-state index in [0.717, 1.165) is 0 Å². The predicted molar refractivity (Wildman–Crippen MR) is 82.9 cm³/mol. The Labute approximate surface area is 133 Å². The molecule has 0 aliphatic heterocycles. The van der Waals surface area contributed by atoms with E-state index in [2.05, 4.69) is 15.1 Å². The summed E-state index contributed by atoms with van der Waals surface area (Å²) < 4.78 is 41.1. The van der Waals surface area contributed by atoms with Crippen LogP contribution in [0.3, 0.4) is 0 Å². The SMILES string of the molecule is Cc1nn(C)c(C)c1S(=O)(=O)NCC(=O)Nc1ccc(F)cc1. The number of sulfonamides is 1. The highest BCUT2D eigenvalue weighted by Gasteiger charge is 2.24. The van der Waals surface area contributed by atoms with Crippen molar-refractivity contribution < 1.29 is 17.6 Å². The molecule has 9 heteroatoms.